The number of ketones is 1. The summed E-state index contributed by atoms with van der Waals surface area (Å²) in [6.45, 7) is 0. The largest absolute Gasteiger partial charge is 0.465 e. The molecule has 20 heavy (non-hydrogen) atoms. The van der Waals surface area contributed by atoms with Gasteiger partial charge in [-0.15, -0.1) is 0 Å². The fourth-order valence-corrected chi connectivity index (χ4v) is 2.15. The molecule has 0 aromatic carbocycles. The average molecular weight is 275 g/mol. The number of carbonyl (C=O) groups is 2. The third kappa shape index (κ3) is 3.51. The predicted octanol–water partition coefficient (Wildman–Crippen LogP) is 1.76. The molecule has 0 atom stereocenters. The van der Waals surface area contributed by atoms with Crippen LogP contribution in [0, 0.1) is 0 Å². The second-order valence-electron chi connectivity index (χ2n) is 4.94. The van der Waals surface area contributed by atoms with Crippen LogP contribution in [0.15, 0.2) is 24.4 Å². The zero-order valence-corrected chi connectivity index (χ0v) is 11.3. The van der Waals surface area contributed by atoms with E-state index < -0.39 is 11.6 Å². The summed E-state index contributed by atoms with van der Waals surface area (Å²) in [6.07, 6.45) is 6.50. The molecule has 0 spiro atoms. The van der Waals surface area contributed by atoms with Gasteiger partial charge in [-0.2, -0.15) is 0 Å². The Labute approximate surface area is 117 Å². The second-order valence-corrected chi connectivity index (χ2v) is 4.94. The van der Waals surface area contributed by atoms with E-state index in [2.05, 4.69) is 9.72 Å². The molecular weight excluding hydrogens is 258 g/mol. The Morgan fingerprint density at radius 3 is 2.80 bits per heavy atom. The highest BCUT2D eigenvalue weighted by atomic mass is 16.5. The molecule has 0 bridgehead atoms. The lowest BCUT2D eigenvalue weighted by molar-refractivity contribution is -0.123. The SMILES string of the molecule is COC(=O)c1ccnc(/C=C/C2(O)CCC(=O)CC2)c1. The first-order chi connectivity index (χ1) is 9.52. The smallest absolute Gasteiger partial charge is 0.337 e. The number of esters is 1. The Kier molecular flexibility index (Phi) is 4.29. The van der Waals surface area contributed by atoms with Gasteiger partial charge in [0.05, 0.1) is 24.0 Å². The van der Waals surface area contributed by atoms with E-state index in [-0.39, 0.29) is 5.78 Å². The molecule has 0 saturated heterocycles. The first-order valence-electron chi connectivity index (χ1n) is 6.50. The van der Waals surface area contributed by atoms with Crippen LogP contribution in [0.2, 0.25) is 0 Å². The standard InChI is InChI=1S/C15H17NO4/c1-20-14(18)11-5-9-16-12(10-11)2-6-15(19)7-3-13(17)4-8-15/h2,5-6,9-10,19H,3-4,7-8H2,1H3/b6-2+. The number of methoxy groups -OCH3 is 1. The molecule has 5 nitrogen and oxygen atoms in total. The highest BCUT2D eigenvalue weighted by Gasteiger charge is 2.29. The Balaban J connectivity index is 2.11. The lowest BCUT2D eigenvalue weighted by Crippen LogP contribution is -2.31. The number of aromatic nitrogens is 1. The number of Topliss-reactive ketones (excluding diaryl/α,β-unsaturated/α-hetero) is 1. The van der Waals surface area contributed by atoms with Crippen LogP contribution in [0.25, 0.3) is 6.08 Å². The summed E-state index contributed by atoms with van der Waals surface area (Å²) in [7, 11) is 1.32. The predicted molar refractivity (Wildman–Crippen MR) is 73.0 cm³/mol. The van der Waals surface area contributed by atoms with Gasteiger partial charge in [0, 0.05) is 19.0 Å². The number of rotatable bonds is 3. The zero-order chi connectivity index (χ0) is 14.6. The minimum absolute atomic E-state index is 0.189. The van der Waals surface area contributed by atoms with Crippen LogP contribution < -0.4 is 0 Å². The van der Waals surface area contributed by atoms with Gasteiger partial charge >= 0.3 is 5.97 Å². The van der Waals surface area contributed by atoms with Gasteiger partial charge in [-0.3, -0.25) is 9.78 Å². The highest BCUT2D eigenvalue weighted by Crippen LogP contribution is 2.28. The molecule has 2 rings (SSSR count). The minimum atomic E-state index is -0.961. The lowest BCUT2D eigenvalue weighted by atomic mass is 9.84. The monoisotopic (exact) mass is 275 g/mol. The summed E-state index contributed by atoms with van der Waals surface area (Å²) in [6, 6.07) is 3.16. The van der Waals surface area contributed by atoms with Crippen molar-refractivity contribution < 1.29 is 19.4 Å². The second kappa shape index (κ2) is 5.96. The van der Waals surface area contributed by atoms with Crippen LogP contribution in [0.3, 0.4) is 0 Å². The Hall–Kier alpha value is -2.01. The third-order valence-electron chi connectivity index (χ3n) is 3.44. The maximum atomic E-state index is 11.4. The third-order valence-corrected chi connectivity index (χ3v) is 3.44. The van der Waals surface area contributed by atoms with Crippen LogP contribution in [-0.4, -0.2) is 34.6 Å². The Morgan fingerprint density at radius 2 is 2.15 bits per heavy atom. The van der Waals surface area contributed by atoms with E-state index in [4.69, 9.17) is 0 Å². The van der Waals surface area contributed by atoms with Crippen LogP contribution in [0.5, 0.6) is 0 Å². The van der Waals surface area contributed by atoms with Gasteiger partial charge in [0.2, 0.25) is 0 Å². The number of ether oxygens (including phenoxy) is 1. The molecule has 0 amide bonds. The molecule has 1 aromatic heterocycles. The van der Waals surface area contributed by atoms with Gasteiger partial charge in [-0.25, -0.2) is 4.79 Å². The molecule has 0 aliphatic heterocycles. The van der Waals surface area contributed by atoms with Gasteiger partial charge in [-0.05, 0) is 31.1 Å². The molecule has 1 saturated carbocycles. The van der Waals surface area contributed by atoms with E-state index in [0.29, 0.717) is 36.9 Å². The normalized spacial score (nSPS) is 18.2. The summed E-state index contributed by atoms with van der Waals surface area (Å²) >= 11 is 0. The number of carbonyl (C=O) groups excluding carboxylic acids is 2. The summed E-state index contributed by atoms with van der Waals surface area (Å²) in [5.74, 6) is -0.238. The van der Waals surface area contributed by atoms with E-state index in [0.717, 1.165) is 0 Å². The van der Waals surface area contributed by atoms with E-state index in [1.807, 2.05) is 0 Å². The van der Waals surface area contributed by atoms with Crippen LogP contribution in [0.4, 0.5) is 0 Å². The zero-order valence-electron chi connectivity index (χ0n) is 11.3. The van der Waals surface area contributed by atoms with Gasteiger partial charge in [0.25, 0.3) is 0 Å². The first kappa shape index (κ1) is 14.4. The van der Waals surface area contributed by atoms with Crippen molar-refractivity contribution in [2.45, 2.75) is 31.3 Å². The summed E-state index contributed by atoms with van der Waals surface area (Å²) in [5, 5.41) is 10.3. The van der Waals surface area contributed by atoms with Crippen LogP contribution >= 0.6 is 0 Å². The lowest BCUT2D eigenvalue weighted by Gasteiger charge is -2.28. The van der Waals surface area contributed by atoms with Crippen molar-refractivity contribution in [2.24, 2.45) is 0 Å². The number of hydrogen-bond donors (Lipinski definition) is 1. The molecular formula is C15H17NO4. The average Bonchev–Trinajstić information content (AvgIpc) is 2.48. The molecule has 0 unspecified atom stereocenters. The van der Waals surface area contributed by atoms with Crippen molar-refractivity contribution in [1.82, 2.24) is 4.98 Å². The maximum Gasteiger partial charge on any atom is 0.337 e. The van der Waals surface area contributed by atoms with Crippen molar-refractivity contribution >= 4 is 17.8 Å². The van der Waals surface area contributed by atoms with Gasteiger partial charge in [0.1, 0.15) is 5.78 Å². The topological polar surface area (TPSA) is 76.5 Å². The maximum absolute atomic E-state index is 11.4. The molecule has 1 aliphatic rings. The molecule has 5 heteroatoms. The van der Waals surface area contributed by atoms with Crippen molar-refractivity contribution in [3.05, 3.63) is 35.7 Å². The first-order valence-corrected chi connectivity index (χ1v) is 6.50. The quantitative estimate of drug-likeness (QED) is 0.850. The van der Waals surface area contributed by atoms with E-state index >= 15 is 0 Å². The number of nitrogens with zero attached hydrogens (tertiary/aromatic N) is 1. The van der Waals surface area contributed by atoms with Crippen molar-refractivity contribution in [3.63, 3.8) is 0 Å². The van der Waals surface area contributed by atoms with Gasteiger partial charge in [0.15, 0.2) is 0 Å². The van der Waals surface area contributed by atoms with Crippen LogP contribution in [0.1, 0.15) is 41.7 Å². The molecule has 1 N–H and O–H groups in total. The molecule has 106 valence electrons. The van der Waals surface area contributed by atoms with Crippen LogP contribution in [-0.2, 0) is 9.53 Å². The van der Waals surface area contributed by atoms with E-state index in [1.165, 1.54) is 13.3 Å². The van der Waals surface area contributed by atoms with E-state index in [1.54, 1.807) is 24.3 Å². The number of aliphatic hydroxyl groups is 1. The van der Waals surface area contributed by atoms with Gasteiger partial charge < -0.3 is 9.84 Å². The van der Waals surface area contributed by atoms with Crippen molar-refractivity contribution in [3.8, 4) is 0 Å². The Morgan fingerprint density at radius 1 is 1.45 bits per heavy atom. The molecule has 1 aromatic rings. The fourth-order valence-electron chi connectivity index (χ4n) is 2.15. The highest BCUT2D eigenvalue weighted by molar-refractivity contribution is 5.89. The fraction of sp³-hybridized carbons (Fsp3) is 0.400. The molecule has 1 fully saturated rings. The number of hydrogen-bond acceptors (Lipinski definition) is 5. The summed E-state index contributed by atoms with van der Waals surface area (Å²) < 4.78 is 4.64. The number of pyridine rings is 1. The van der Waals surface area contributed by atoms with Crippen molar-refractivity contribution in [2.75, 3.05) is 7.11 Å². The van der Waals surface area contributed by atoms with Crippen molar-refractivity contribution in [1.29, 1.82) is 0 Å². The van der Waals surface area contributed by atoms with E-state index in [9.17, 15) is 14.7 Å². The Bertz CT molecular complexity index is 541. The molecule has 1 aliphatic carbocycles. The molecule has 0 radical (unpaired) electrons. The molecule has 1 heterocycles. The minimum Gasteiger partial charge on any atom is -0.465 e. The summed E-state index contributed by atoms with van der Waals surface area (Å²) in [5.41, 5.74) is 0.0165. The summed E-state index contributed by atoms with van der Waals surface area (Å²) in [4.78, 5) is 26.7. The van der Waals surface area contributed by atoms with Gasteiger partial charge in [-0.1, -0.05) is 6.08 Å².